The standard InChI is InChI=1S/C29H26N6/c1-18-11-25-24(9-10-31-29(25)30)19(2)26(18)16-33-27-17-35-23(14-32-27)15-34-28(35)13-20-7-8-21-5-3-4-6-22(21)12-20/h3-12,14-15,17,33H,13,16H2,1-2H3,(H2,30,31). The van der Waals surface area contributed by atoms with Crippen LogP contribution < -0.4 is 11.1 Å². The summed E-state index contributed by atoms with van der Waals surface area (Å²) in [7, 11) is 0. The molecule has 6 heteroatoms. The predicted molar refractivity (Wildman–Crippen MR) is 143 cm³/mol. The molecule has 0 radical (unpaired) electrons. The van der Waals surface area contributed by atoms with E-state index in [4.69, 9.17) is 5.73 Å². The summed E-state index contributed by atoms with van der Waals surface area (Å²) in [6.45, 7) is 4.92. The highest BCUT2D eigenvalue weighted by atomic mass is 15.1. The zero-order chi connectivity index (χ0) is 23.9. The van der Waals surface area contributed by atoms with E-state index in [1.54, 1.807) is 6.20 Å². The van der Waals surface area contributed by atoms with Crippen LogP contribution in [-0.4, -0.2) is 19.4 Å². The molecule has 0 aliphatic heterocycles. The molecule has 0 aliphatic rings. The minimum Gasteiger partial charge on any atom is -0.383 e. The van der Waals surface area contributed by atoms with E-state index in [9.17, 15) is 0 Å². The molecule has 0 amide bonds. The highest BCUT2D eigenvalue weighted by Crippen LogP contribution is 2.28. The molecule has 0 bridgehead atoms. The van der Waals surface area contributed by atoms with E-state index in [1.165, 1.54) is 33.0 Å². The Balaban J connectivity index is 1.28. The lowest BCUT2D eigenvalue weighted by molar-refractivity contribution is 0.949. The van der Waals surface area contributed by atoms with Crippen LogP contribution in [0.25, 0.3) is 27.1 Å². The van der Waals surface area contributed by atoms with Gasteiger partial charge in [-0.15, -0.1) is 0 Å². The molecular weight excluding hydrogens is 432 g/mol. The van der Waals surface area contributed by atoms with Crippen LogP contribution in [0.2, 0.25) is 0 Å². The van der Waals surface area contributed by atoms with Gasteiger partial charge < -0.3 is 11.1 Å². The smallest absolute Gasteiger partial charge is 0.143 e. The SMILES string of the molecule is Cc1cc2c(N)nccc2c(C)c1CNc1cn2c(Cc3ccc4ccccc4c3)ncc2cn1. The first kappa shape index (κ1) is 21.1. The summed E-state index contributed by atoms with van der Waals surface area (Å²) in [6, 6.07) is 19.2. The molecule has 0 saturated heterocycles. The summed E-state index contributed by atoms with van der Waals surface area (Å²) in [5.74, 6) is 2.37. The summed E-state index contributed by atoms with van der Waals surface area (Å²) < 4.78 is 2.12. The molecule has 3 aromatic carbocycles. The molecule has 0 spiro atoms. The second-order valence-corrected chi connectivity index (χ2v) is 9.04. The van der Waals surface area contributed by atoms with E-state index in [-0.39, 0.29) is 0 Å². The number of nitrogen functional groups attached to an aromatic ring is 1. The van der Waals surface area contributed by atoms with Crippen LogP contribution in [0.15, 0.2) is 79.4 Å². The highest BCUT2D eigenvalue weighted by Gasteiger charge is 2.11. The van der Waals surface area contributed by atoms with E-state index in [0.29, 0.717) is 12.4 Å². The number of aryl methyl sites for hydroxylation is 2. The minimum atomic E-state index is 0.569. The fraction of sp³-hybridized carbons (Fsp3) is 0.138. The lowest BCUT2D eigenvalue weighted by Crippen LogP contribution is -2.07. The van der Waals surface area contributed by atoms with Crippen LogP contribution in [0.3, 0.4) is 0 Å². The molecule has 172 valence electrons. The fourth-order valence-electron chi connectivity index (χ4n) is 4.88. The van der Waals surface area contributed by atoms with E-state index < -0.39 is 0 Å². The first-order valence-electron chi connectivity index (χ1n) is 11.7. The van der Waals surface area contributed by atoms with Crippen molar-refractivity contribution in [3.63, 3.8) is 0 Å². The molecule has 3 N–H and O–H groups in total. The number of nitrogens with one attached hydrogen (secondary N) is 1. The van der Waals surface area contributed by atoms with E-state index in [1.807, 2.05) is 24.7 Å². The Kier molecular flexibility index (Phi) is 5.07. The average molecular weight is 459 g/mol. The summed E-state index contributed by atoms with van der Waals surface area (Å²) in [5, 5.41) is 8.14. The Labute approximate surface area is 203 Å². The van der Waals surface area contributed by atoms with Crippen molar-refractivity contribution >= 4 is 38.7 Å². The van der Waals surface area contributed by atoms with Gasteiger partial charge in [0.25, 0.3) is 0 Å². The summed E-state index contributed by atoms with van der Waals surface area (Å²) in [4.78, 5) is 13.5. The van der Waals surface area contributed by atoms with Crippen LogP contribution >= 0.6 is 0 Å². The summed E-state index contributed by atoms with van der Waals surface area (Å²) >= 11 is 0. The van der Waals surface area contributed by atoms with Gasteiger partial charge >= 0.3 is 0 Å². The third-order valence-electron chi connectivity index (χ3n) is 6.83. The third kappa shape index (κ3) is 3.83. The van der Waals surface area contributed by atoms with Crippen molar-refractivity contribution in [3.8, 4) is 0 Å². The van der Waals surface area contributed by atoms with Gasteiger partial charge in [-0.25, -0.2) is 15.0 Å². The van der Waals surface area contributed by atoms with Crippen molar-refractivity contribution in [1.82, 2.24) is 19.4 Å². The number of fused-ring (bicyclic) bond motifs is 3. The fourth-order valence-corrected chi connectivity index (χ4v) is 4.88. The van der Waals surface area contributed by atoms with Gasteiger partial charge in [0.15, 0.2) is 0 Å². The Hall–Kier alpha value is -4.45. The molecule has 0 saturated carbocycles. The number of anilines is 2. The average Bonchev–Trinajstić information content (AvgIpc) is 3.26. The molecule has 0 atom stereocenters. The Morgan fingerprint density at radius 2 is 1.71 bits per heavy atom. The second kappa shape index (κ2) is 8.40. The molecule has 6 nitrogen and oxygen atoms in total. The van der Waals surface area contributed by atoms with Gasteiger partial charge in [0.2, 0.25) is 0 Å². The highest BCUT2D eigenvalue weighted by molar-refractivity contribution is 5.94. The first-order chi connectivity index (χ1) is 17.1. The van der Waals surface area contributed by atoms with Crippen molar-refractivity contribution in [1.29, 1.82) is 0 Å². The van der Waals surface area contributed by atoms with Gasteiger partial charge in [0.1, 0.15) is 17.5 Å². The third-order valence-corrected chi connectivity index (χ3v) is 6.83. The zero-order valence-corrected chi connectivity index (χ0v) is 19.8. The van der Waals surface area contributed by atoms with Gasteiger partial charge in [-0.2, -0.15) is 0 Å². The van der Waals surface area contributed by atoms with Crippen LogP contribution in [0.1, 0.15) is 28.1 Å². The minimum absolute atomic E-state index is 0.569. The summed E-state index contributed by atoms with van der Waals surface area (Å²) in [6.07, 6.45) is 8.30. The van der Waals surface area contributed by atoms with Gasteiger partial charge in [-0.1, -0.05) is 42.5 Å². The lowest BCUT2D eigenvalue weighted by atomic mass is 9.96. The molecule has 0 fully saturated rings. The number of nitrogens with zero attached hydrogens (tertiary/aromatic N) is 4. The monoisotopic (exact) mass is 458 g/mol. The van der Waals surface area contributed by atoms with Crippen molar-refractivity contribution in [3.05, 3.63) is 107 Å². The molecule has 3 aromatic heterocycles. The maximum absolute atomic E-state index is 6.10. The van der Waals surface area contributed by atoms with Gasteiger partial charge in [0.05, 0.1) is 24.1 Å². The molecule has 0 unspecified atom stereocenters. The van der Waals surface area contributed by atoms with Crippen LogP contribution in [-0.2, 0) is 13.0 Å². The van der Waals surface area contributed by atoms with Gasteiger partial charge in [-0.05, 0) is 64.4 Å². The maximum Gasteiger partial charge on any atom is 0.143 e. The predicted octanol–water partition coefficient (Wildman–Crippen LogP) is 5.83. The van der Waals surface area contributed by atoms with Gasteiger partial charge in [0, 0.05) is 24.5 Å². The number of rotatable bonds is 5. The zero-order valence-electron chi connectivity index (χ0n) is 19.8. The molecule has 3 heterocycles. The number of benzene rings is 3. The van der Waals surface area contributed by atoms with Crippen molar-refractivity contribution < 1.29 is 0 Å². The Morgan fingerprint density at radius 1 is 0.886 bits per heavy atom. The quantitative estimate of drug-likeness (QED) is 0.340. The molecule has 0 aliphatic carbocycles. The lowest BCUT2D eigenvalue weighted by Gasteiger charge is -2.15. The number of hydrogen-bond donors (Lipinski definition) is 2. The Bertz CT molecular complexity index is 1720. The number of hydrogen-bond acceptors (Lipinski definition) is 5. The number of nitrogens with two attached hydrogens (primary N) is 1. The van der Waals surface area contributed by atoms with Crippen LogP contribution in [0.4, 0.5) is 11.6 Å². The van der Waals surface area contributed by atoms with Gasteiger partial charge in [-0.3, -0.25) is 4.40 Å². The maximum atomic E-state index is 6.10. The molecule has 35 heavy (non-hydrogen) atoms. The Morgan fingerprint density at radius 3 is 2.60 bits per heavy atom. The first-order valence-corrected chi connectivity index (χ1v) is 11.7. The molecule has 6 aromatic rings. The number of pyridine rings is 1. The normalized spacial score (nSPS) is 11.5. The topological polar surface area (TPSA) is 81.1 Å². The van der Waals surface area contributed by atoms with Crippen molar-refractivity contribution in [2.45, 2.75) is 26.8 Å². The number of imidazole rings is 1. The number of aromatic nitrogens is 4. The summed E-state index contributed by atoms with van der Waals surface area (Å²) in [5.41, 5.74) is 12.0. The van der Waals surface area contributed by atoms with Crippen LogP contribution in [0.5, 0.6) is 0 Å². The molecular formula is C29H26N6. The second-order valence-electron chi connectivity index (χ2n) is 9.04. The van der Waals surface area contributed by atoms with E-state index in [0.717, 1.165) is 34.4 Å². The van der Waals surface area contributed by atoms with Crippen LogP contribution in [0, 0.1) is 13.8 Å². The van der Waals surface area contributed by atoms with E-state index >= 15 is 0 Å². The van der Waals surface area contributed by atoms with Crippen molar-refractivity contribution in [2.75, 3.05) is 11.1 Å². The van der Waals surface area contributed by atoms with E-state index in [2.05, 4.69) is 87.0 Å². The largest absolute Gasteiger partial charge is 0.383 e. The molecule has 6 rings (SSSR count). The van der Waals surface area contributed by atoms with Crippen molar-refractivity contribution in [2.24, 2.45) is 0 Å².